The summed E-state index contributed by atoms with van der Waals surface area (Å²) in [6, 6.07) is 18.2. The van der Waals surface area contributed by atoms with Gasteiger partial charge >= 0.3 is 17.6 Å². The molecule has 0 atom stereocenters. The van der Waals surface area contributed by atoms with Crippen molar-refractivity contribution >= 4 is 17.6 Å². The number of ether oxygens (including phenoxy) is 3. The van der Waals surface area contributed by atoms with Crippen LogP contribution in [-0.4, -0.2) is 30.1 Å². The highest BCUT2D eigenvalue weighted by Crippen LogP contribution is 2.29. The number of carbonyl (C=O) groups excluding carboxylic acids is 2. The van der Waals surface area contributed by atoms with Gasteiger partial charge in [-0.15, -0.1) is 0 Å². The lowest BCUT2D eigenvalue weighted by Crippen LogP contribution is -2.09. The molecule has 0 amide bonds. The first-order valence-electron chi connectivity index (χ1n) is 15.9. The molecular weight excluding hydrogens is 558 g/mol. The molecule has 44 heavy (non-hydrogen) atoms. The first kappa shape index (κ1) is 34.3. The lowest BCUT2D eigenvalue weighted by atomic mass is 10.0. The number of hydrogen-bond acceptors (Lipinski definition) is 7. The molecule has 8 nitrogen and oxygen atoms in total. The predicted molar refractivity (Wildman–Crippen MR) is 172 cm³/mol. The Balaban J connectivity index is 1.50. The average Bonchev–Trinajstić information content (AvgIpc) is 3.04. The van der Waals surface area contributed by atoms with Gasteiger partial charge < -0.3 is 14.2 Å². The second-order valence-corrected chi connectivity index (χ2v) is 11.0. The van der Waals surface area contributed by atoms with E-state index in [1.807, 2.05) is 12.1 Å². The van der Waals surface area contributed by atoms with E-state index in [1.54, 1.807) is 36.4 Å². The Morgan fingerprint density at radius 2 is 1.16 bits per heavy atom. The molecule has 236 valence electrons. The van der Waals surface area contributed by atoms with Crippen LogP contribution in [0, 0.1) is 10.1 Å². The summed E-state index contributed by atoms with van der Waals surface area (Å²) in [7, 11) is 0. The van der Waals surface area contributed by atoms with Gasteiger partial charge in [0.2, 0.25) is 0 Å². The summed E-state index contributed by atoms with van der Waals surface area (Å²) in [6.45, 7) is 5.16. The van der Waals surface area contributed by atoms with E-state index in [0.717, 1.165) is 43.2 Å². The quantitative estimate of drug-likeness (QED) is 0.0416. The zero-order valence-electron chi connectivity index (χ0n) is 26.1. The lowest BCUT2D eigenvalue weighted by molar-refractivity contribution is -0.385. The molecular formula is C36H45NO7. The molecule has 0 saturated carbocycles. The molecule has 0 spiro atoms. The summed E-state index contributed by atoms with van der Waals surface area (Å²) in [5, 5.41) is 11.6. The molecule has 0 aromatic heterocycles. The summed E-state index contributed by atoms with van der Waals surface area (Å²) < 4.78 is 16.5. The normalized spacial score (nSPS) is 10.8. The van der Waals surface area contributed by atoms with E-state index in [9.17, 15) is 19.7 Å². The minimum atomic E-state index is -0.702. The van der Waals surface area contributed by atoms with Crippen LogP contribution in [0.25, 0.3) is 11.1 Å². The molecule has 0 fully saturated rings. The second kappa shape index (κ2) is 19.2. The Kier molecular flexibility index (Phi) is 14.9. The maximum Gasteiger partial charge on any atom is 0.343 e. The van der Waals surface area contributed by atoms with E-state index in [-0.39, 0.29) is 23.0 Å². The minimum absolute atomic E-state index is 0.0617. The smallest absolute Gasteiger partial charge is 0.343 e. The van der Waals surface area contributed by atoms with Crippen molar-refractivity contribution in [3.05, 3.63) is 88.0 Å². The van der Waals surface area contributed by atoms with Gasteiger partial charge in [0.05, 0.1) is 29.3 Å². The molecule has 0 saturated heterocycles. The highest BCUT2D eigenvalue weighted by Gasteiger charge is 2.20. The number of rotatable bonds is 20. The summed E-state index contributed by atoms with van der Waals surface area (Å²) in [5.41, 5.74) is 2.06. The first-order valence-corrected chi connectivity index (χ1v) is 15.9. The predicted octanol–water partition coefficient (Wildman–Crippen LogP) is 9.74. The van der Waals surface area contributed by atoms with Gasteiger partial charge in [-0.05, 0) is 60.4 Å². The van der Waals surface area contributed by atoms with Crippen LogP contribution in [0.5, 0.6) is 11.5 Å². The molecule has 3 aromatic rings. The molecule has 0 N–H and O–H groups in total. The number of esters is 2. The van der Waals surface area contributed by atoms with Crippen LogP contribution in [0.3, 0.4) is 0 Å². The fourth-order valence-corrected chi connectivity index (χ4v) is 4.78. The van der Waals surface area contributed by atoms with Crippen molar-refractivity contribution in [3.8, 4) is 22.6 Å². The number of nitro benzene ring substituents is 1. The number of unbranched alkanes of at least 4 members (excludes halogenated alkanes) is 10. The molecule has 0 unspecified atom stereocenters. The zero-order chi connectivity index (χ0) is 31.6. The maximum atomic E-state index is 12.8. The SMILES string of the molecule is CCCCCCCCOC(=O)c1ccc(-c2ccc(OC(=O)c3ccc(OCCCCCCCC)c([N+](=O)[O-])c3)cc2)cc1. The number of hydrogen-bond donors (Lipinski definition) is 0. The van der Waals surface area contributed by atoms with Crippen LogP contribution in [0.1, 0.15) is 112 Å². The van der Waals surface area contributed by atoms with E-state index < -0.39 is 10.9 Å². The van der Waals surface area contributed by atoms with Crippen molar-refractivity contribution in [1.82, 2.24) is 0 Å². The summed E-state index contributed by atoms with van der Waals surface area (Å²) >= 11 is 0. The van der Waals surface area contributed by atoms with Crippen molar-refractivity contribution in [2.45, 2.75) is 90.9 Å². The molecule has 3 rings (SSSR count). The van der Waals surface area contributed by atoms with Crippen LogP contribution in [0.4, 0.5) is 5.69 Å². The molecule has 0 bridgehead atoms. The van der Waals surface area contributed by atoms with E-state index >= 15 is 0 Å². The molecule has 3 aromatic carbocycles. The Labute approximate surface area is 260 Å². The first-order chi connectivity index (χ1) is 21.4. The van der Waals surface area contributed by atoms with Gasteiger partial charge in [-0.25, -0.2) is 9.59 Å². The maximum absolute atomic E-state index is 12.8. The minimum Gasteiger partial charge on any atom is -0.487 e. The Hall–Kier alpha value is -4.20. The Morgan fingerprint density at radius 3 is 1.75 bits per heavy atom. The van der Waals surface area contributed by atoms with Gasteiger partial charge in [-0.3, -0.25) is 10.1 Å². The van der Waals surface area contributed by atoms with Gasteiger partial charge in [0.1, 0.15) is 5.75 Å². The van der Waals surface area contributed by atoms with Crippen molar-refractivity contribution < 1.29 is 28.7 Å². The van der Waals surface area contributed by atoms with Crippen LogP contribution in [0.2, 0.25) is 0 Å². The molecule has 0 heterocycles. The van der Waals surface area contributed by atoms with Crippen molar-refractivity contribution in [2.24, 2.45) is 0 Å². The highest BCUT2D eigenvalue weighted by molar-refractivity contribution is 5.92. The third-order valence-electron chi connectivity index (χ3n) is 7.40. The fourth-order valence-electron chi connectivity index (χ4n) is 4.78. The monoisotopic (exact) mass is 603 g/mol. The van der Waals surface area contributed by atoms with Gasteiger partial charge in [0, 0.05) is 6.07 Å². The fraction of sp³-hybridized carbons (Fsp3) is 0.444. The third-order valence-corrected chi connectivity index (χ3v) is 7.40. The van der Waals surface area contributed by atoms with E-state index in [4.69, 9.17) is 14.2 Å². The van der Waals surface area contributed by atoms with Crippen molar-refractivity contribution in [3.63, 3.8) is 0 Å². The summed E-state index contributed by atoms with van der Waals surface area (Å²) in [5.74, 6) is -0.585. The third kappa shape index (κ3) is 11.5. The summed E-state index contributed by atoms with van der Waals surface area (Å²) in [6.07, 6.45) is 13.3. The van der Waals surface area contributed by atoms with Gasteiger partial charge in [-0.1, -0.05) is 102 Å². The van der Waals surface area contributed by atoms with Crippen LogP contribution >= 0.6 is 0 Å². The van der Waals surface area contributed by atoms with Gasteiger partial charge in [0.25, 0.3) is 0 Å². The van der Waals surface area contributed by atoms with Gasteiger partial charge in [-0.2, -0.15) is 0 Å². The number of benzene rings is 3. The van der Waals surface area contributed by atoms with Crippen LogP contribution in [-0.2, 0) is 4.74 Å². The van der Waals surface area contributed by atoms with Gasteiger partial charge in [0.15, 0.2) is 5.75 Å². The lowest BCUT2D eigenvalue weighted by Gasteiger charge is -2.09. The largest absolute Gasteiger partial charge is 0.487 e. The average molecular weight is 604 g/mol. The molecule has 0 radical (unpaired) electrons. The van der Waals surface area contributed by atoms with Crippen molar-refractivity contribution in [2.75, 3.05) is 13.2 Å². The van der Waals surface area contributed by atoms with E-state index in [2.05, 4.69) is 13.8 Å². The number of nitrogens with zero attached hydrogens (tertiary/aromatic N) is 1. The highest BCUT2D eigenvalue weighted by atomic mass is 16.6. The summed E-state index contributed by atoms with van der Waals surface area (Å²) in [4.78, 5) is 36.2. The second-order valence-electron chi connectivity index (χ2n) is 11.0. The molecule has 0 aliphatic carbocycles. The van der Waals surface area contributed by atoms with Crippen LogP contribution < -0.4 is 9.47 Å². The Morgan fingerprint density at radius 1 is 0.636 bits per heavy atom. The van der Waals surface area contributed by atoms with E-state index in [0.29, 0.717) is 24.5 Å². The molecule has 0 aliphatic rings. The van der Waals surface area contributed by atoms with E-state index in [1.165, 1.54) is 63.1 Å². The number of carbonyl (C=O) groups is 2. The number of nitro groups is 1. The zero-order valence-corrected chi connectivity index (χ0v) is 26.1. The van der Waals surface area contributed by atoms with Crippen LogP contribution in [0.15, 0.2) is 66.7 Å². The molecule has 0 aliphatic heterocycles. The topological polar surface area (TPSA) is 105 Å². The standard InChI is InChI=1S/C36H45NO7/c1-3-5-7-9-11-13-25-42-34-24-21-31(27-33(34)37(40)41)36(39)44-32-22-19-29(20-23-32)28-15-17-30(18-16-28)35(38)43-26-14-12-10-8-6-4-2/h15-24,27H,3-14,25-26H2,1-2H3. The molecule has 8 heteroatoms. The Bertz CT molecular complexity index is 1320. The van der Waals surface area contributed by atoms with Crippen molar-refractivity contribution in [1.29, 1.82) is 0 Å².